The van der Waals surface area contributed by atoms with Gasteiger partial charge in [-0.05, 0) is 59.5 Å². The minimum Gasteiger partial charge on any atom is -0.246 e. The van der Waals surface area contributed by atoms with Crippen LogP contribution in [0.2, 0.25) is 0 Å². The fourth-order valence-corrected chi connectivity index (χ4v) is 4.19. The highest BCUT2D eigenvalue weighted by Gasteiger charge is 2.28. The molecule has 0 atom stereocenters. The fraction of sp³-hybridized carbons (Fsp3) is 0.300. The van der Waals surface area contributed by atoms with Crippen LogP contribution in [-0.2, 0) is 12.8 Å². The molecule has 7 heteroatoms. The predicted molar refractivity (Wildman–Crippen MR) is 109 cm³/mol. The van der Waals surface area contributed by atoms with Gasteiger partial charge in [0.1, 0.15) is 0 Å². The number of hydrogen-bond donors (Lipinski definition) is 0. The van der Waals surface area contributed by atoms with E-state index < -0.39 is 0 Å². The molecule has 138 valence electrons. The maximum absolute atomic E-state index is 12.3. The Morgan fingerprint density at radius 2 is 1.93 bits per heavy atom. The van der Waals surface area contributed by atoms with Crippen LogP contribution in [0.15, 0.2) is 58.3 Å². The Balaban J connectivity index is 1.64. The molecule has 1 aliphatic carbocycles. The first-order valence-corrected chi connectivity index (χ1v) is 9.96. The highest BCUT2D eigenvalue weighted by atomic mass is 32.2. The van der Waals surface area contributed by atoms with Gasteiger partial charge < -0.3 is 0 Å². The van der Waals surface area contributed by atoms with Gasteiger partial charge in [0.15, 0.2) is 0 Å². The zero-order valence-corrected chi connectivity index (χ0v) is 16.2. The molecule has 2 aromatic carbocycles. The van der Waals surface area contributed by atoms with Gasteiger partial charge in [0.2, 0.25) is 0 Å². The van der Waals surface area contributed by atoms with Crippen LogP contribution < -0.4 is 5.69 Å². The van der Waals surface area contributed by atoms with Gasteiger partial charge in [-0.2, -0.15) is 9.36 Å². The summed E-state index contributed by atoms with van der Waals surface area (Å²) in [5.41, 5.74) is 3.75. The highest BCUT2D eigenvalue weighted by Crippen LogP contribution is 2.38. The number of hydrogen-bond acceptors (Lipinski definition) is 5. The zero-order valence-electron chi connectivity index (χ0n) is 15.4. The predicted octanol–water partition coefficient (Wildman–Crippen LogP) is 3.65. The smallest absolute Gasteiger partial charge is 0.246 e. The molecule has 0 unspecified atom stereocenters. The van der Waals surface area contributed by atoms with E-state index in [9.17, 15) is 4.79 Å². The molecule has 1 fully saturated rings. The Morgan fingerprint density at radius 3 is 2.59 bits per heavy atom. The molecule has 1 saturated carbocycles. The molecule has 0 bridgehead atoms. The quantitative estimate of drug-likeness (QED) is 0.501. The lowest BCUT2D eigenvalue weighted by Gasteiger charge is -2.12. The Hall–Kier alpha value is -2.67. The molecule has 4 rings (SSSR count). The van der Waals surface area contributed by atoms with Crippen LogP contribution in [0, 0.1) is 12.8 Å². The number of tetrazole rings is 1. The van der Waals surface area contributed by atoms with E-state index in [1.54, 1.807) is 18.8 Å². The van der Waals surface area contributed by atoms with Crippen LogP contribution in [-0.4, -0.2) is 24.8 Å². The molecule has 1 heterocycles. The third-order valence-electron chi connectivity index (χ3n) is 4.62. The third-order valence-corrected chi connectivity index (χ3v) is 5.78. The third kappa shape index (κ3) is 3.88. The van der Waals surface area contributed by atoms with Crippen molar-refractivity contribution in [3.05, 3.63) is 70.1 Å². The fourth-order valence-electron chi connectivity index (χ4n) is 2.89. The molecule has 0 spiro atoms. The number of para-hydroxylation sites is 1. The van der Waals surface area contributed by atoms with Crippen molar-refractivity contribution in [1.82, 2.24) is 19.8 Å². The number of aliphatic imine (C=N–C) groups is 1. The molecule has 0 amide bonds. The van der Waals surface area contributed by atoms with Crippen molar-refractivity contribution in [3.8, 4) is 5.69 Å². The van der Waals surface area contributed by atoms with E-state index in [2.05, 4.69) is 23.4 Å². The van der Waals surface area contributed by atoms with Gasteiger partial charge in [-0.1, -0.05) is 30.3 Å². The molecule has 6 nitrogen and oxygen atoms in total. The molecule has 3 aromatic rings. The average molecular weight is 379 g/mol. The van der Waals surface area contributed by atoms with Gasteiger partial charge in [0.25, 0.3) is 0 Å². The normalized spacial score (nSPS) is 14.5. The summed E-state index contributed by atoms with van der Waals surface area (Å²) in [6, 6.07) is 16.0. The summed E-state index contributed by atoms with van der Waals surface area (Å²) < 4.78 is 2.61. The van der Waals surface area contributed by atoms with Crippen molar-refractivity contribution >= 4 is 22.5 Å². The van der Waals surface area contributed by atoms with Crippen LogP contribution in [0.4, 0.5) is 5.69 Å². The zero-order chi connectivity index (χ0) is 18.8. The van der Waals surface area contributed by atoms with E-state index in [1.165, 1.54) is 27.2 Å². The van der Waals surface area contributed by atoms with Gasteiger partial charge in [-0.3, -0.25) is 0 Å². The molecule has 0 aliphatic heterocycles. The van der Waals surface area contributed by atoms with Crippen molar-refractivity contribution < 1.29 is 0 Å². The molecule has 1 aromatic heterocycles. The summed E-state index contributed by atoms with van der Waals surface area (Å²) in [4.78, 5) is 17.2. The molecule has 0 saturated heterocycles. The summed E-state index contributed by atoms with van der Waals surface area (Å²) in [7, 11) is 1.60. The van der Waals surface area contributed by atoms with Crippen molar-refractivity contribution in [1.29, 1.82) is 0 Å². The van der Waals surface area contributed by atoms with Crippen LogP contribution in [0.3, 0.4) is 0 Å². The van der Waals surface area contributed by atoms with Crippen LogP contribution >= 0.6 is 11.8 Å². The van der Waals surface area contributed by atoms with Crippen LogP contribution in [0.1, 0.15) is 24.0 Å². The minimum absolute atomic E-state index is 0.243. The van der Waals surface area contributed by atoms with Gasteiger partial charge in [-0.25, -0.2) is 9.79 Å². The summed E-state index contributed by atoms with van der Waals surface area (Å²) in [5.74, 6) is 1.30. The van der Waals surface area contributed by atoms with E-state index in [-0.39, 0.29) is 5.69 Å². The number of benzene rings is 2. The number of rotatable bonds is 5. The second kappa shape index (κ2) is 7.52. The Morgan fingerprint density at radius 1 is 1.15 bits per heavy atom. The Labute approximate surface area is 161 Å². The summed E-state index contributed by atoms with van der Waals surface area (Å²) in [6.07, 6.45) is 2.39. The van der Waals surface area contributed by atoms with Gasteiger partial charge in [-0.15, -0.1) is 11.8 Å². The Kier molecular flexibility index (Phi) is 4.94. The molecule has 1 aliphatic rings. The molecular formula is C20H21N5OS. The first kappa shape index (κ1) is 17.7. The lowest BCUT2D eigenvalue weighted by molar-refractivity contribution is 0.692. The maximum atomic E-state index is 12.3. The lowest BCUT2D eigenvalue weighted by Crippen LogP contribution is -2.23. The molecule has 27 heavy (non-hydrogen) atoms. The minimum atomic E-state index is -0.243. The maximum Gasteiger partial charge on any atom is 0.368 e. The Bertz CT molecular complexity index is 1030. The van der Waals surface area contributed by atoms with Crippen LogP contribution in [0.5, 0.6) is 0 Å². The monoisotopic (exact) mass is 379 g/mol. The first-order valence-electron chi connectivity index (χ1n) is 8.98. The van der Waals surface area contributed by atoms with Gasteiger partial charge >= 0.3 is 5.69 Å². The van der Waals surface area contributed by atoms with Crippen molar-refractivity contribution in [2.75, 3.05) is 0 Å². The average Bonchev–Trinajstić information content (AvgIpc) is 3.47. The van der Waals surface area contributed by atoms with Crippen molar-refractivity contribution in [2.24, 2.45) is 18.0 Å². The SMILES string of the molecule is Cc1cccc(-n2nnn(C)c2=O)c1CS/C(=N/c1ccccc1)C1CC1. The van der Waals surface area contributed by atoms with Gasteiger partial charge in [0.05, 0.1) is 16.4 Å². The first-order chi connectivity index (χ1) is 13.1. The van der Waals surface area contributed by atoms with Crippen molar-refractivity contribution in [3.63, 3.8) is 0 Å². The molecule has 0 radical (unpaired) electrons. The second-order valence-electron chi connectivity index (χ2n) is 6.72. The second-order valence-corrected chi connectivity index (χ2v) is 7.71. The molecule has 0 N–H and O–H groups in total. The summed E-state index contributed by atoms with van der Waals surface area (Å²) in [6.45, 7) is 2.06. The number of nitrogens with zero attached hydrogens (tertiary/aromatic N) is 5. The number of thioether (sulfide) groups is 1. The van der Waals surface area contributed by atoms with E-state index >= 15 is 0 Å². The van der Waals surface area contributed by atoms with E-state index in [1.807, 2.05) is 42.5 Å². The van der Waals surface area contributed by atoms with Crippen molar-refractivity contribution in [2.45, 2.75) is 25.5 Å². The van der Waals surface area contributed by atoms with E-state index in [0.29, 0.717) is 5.92 Å². The van der Waals surface area contributed by atoms with E-state index in [0.717, 1.165) is 28.3 Å². The summed E-state index contributed by atoms with van der Waals surface area (Å²) in [5, 5.41) is 9.01. The highest BCUT2D eigenvalue weighted by molar-refractivity contribution is 8.13. The van der Waals surface area contributed by atoms with E-state index in [4.69, 9.17) is 4.99 Å². The topological polar surface area (TPSA) is 65.1 Å². The summed E-state index contributed by atoms with van der Waals surface area (Å²) >= 11 is 1.76. The number of aromatic nitrogens is 4. The standard InChI is InChI=1S/C20H21N5OS/c1-14-7-6-10-18(25-20(26)24(2)22-23-25)17(14)13-27-19(15-11-12-15)21-16-8-4-3-5-9-16/h3-10,15H,11-13H2,1-2H3/b21-19+. The lowest BCUT2D eigenvalue weighted by atomic mass is 10.1. The largest absolute Gasteiger partial charge is 0.368 e. The number of aryl methyl sites for hydroxylation is 2. The van der Waals surface area contributed by atoms with Crippen LogP contribution in [0.25, 0.3) is 5.69 Å². The molecular weight excluding hydrogens is 358 g/mol. The van der Waals surface area contributed by atoms with Gasteiger partial charge in [0, 0.05) is 18.7 Å².